The molecule has 0 aliphatic carbocycles. The van der Waals surface area contributed by atoms with Crippen molar-refractivity contribution in [1.82, 2.24) is 0 Å². The van der Waals surface area contributed by atoms with Gasteiger partial charge in [0, 0.05) is 4.90 Å². The van der Waals surface area contributed by atoms with Gasteiger partial charge in [-0.1, -0.05) is 18.2 Å². The molecule has 0 atom stereocenters. The van der Waals surface area contributed by atoms with Crippen molar-refractivity contribution in [2.24, 2.45) is 0 Å². The number of carbonyl (C=O) groups is 1. The number of hydrogen-bond acceptors (Lipinski definition) is 2. The molecule has 1 aromatic rings. The largest absolute Gasteiger partial charge is 0.281 e. The van der Waals surface area contributed by atoms with Gasteiger partial charge in [0.2, 0.25) is 5.12 Å². The molecule has 1 rings (SSSR count). The summed E-state index contributed by atoms with van der Waals surface area (Å²) < 4.78 is 0. The first-order chi connectivity index (χ1) is 5.29. The second kappa shape index (κ2) is 4.36. The molecule has 0 spiro atoms. The maximum Gasteiger partial charge on any atom is 0.228 e. The van der Waals surface area contributed by atoms with Gasteiger partial charge in [-0.2, -0.15) is 0 Å². The van der Waals surface area contributed by atoms with Crippen LogP contribution in [0.3, 0.4) is 0 Å². The van der Waals surface area contributed by atoms with Crippen LogP contribution in [0.2, 0.25) is 0 Å². The van der Waals surface area contributed by atoms with Crippen molar-refractivity contribution >= 4 is 29.5 Å². The third-order valence-corrected chi connectivity index (χ3v) is 2.44. The van der Waals surface area contributed by atoms with Crippen LogP contribution in [0.1, 0.15) is 0 Å². The van der Waals surface area contributed by atoms with Crippen molar-refractivity contribution in [1.29, 1.82) is 0 Å². The van der Waals surface area contributed by atoms with Gasteiger partial charge in [0.05, 0.1) is 5.75 Å². The molecule has 0 aliphatic heterocycles. The smallest absolute Gasteiger partial charge is 0.228 e. The van der Waals surface area contributed by atoms with Gasteiger partial charge in [0.25, 0.3) is 0 Å². The lowest BCUT2D eigenvalue weighted by Gasteiger charge is -1.95. The van der Waals surface area contributed by atoms with Gasteiger partial charge in [-0.25, -0.2) is 0 Å². The van der Waals surface area contributed by atoms with Crippen LogP contribution in [0.25, 0.3) is 0 Å². The molecule has 0 N–H and O–H groups in total. The van der Waals surface area contributed by atoms with E-state index in [-0.39, 0.29) is 5.12 Å². The van der Waals surface area contributed by atoms with Crippen LogP contribution < -0.4 is 0 Å². The molecule has 0 heterocycles. The Bertz CT molecular complexity index is 233. The molecule has 0 unspecified atom stereocenters. The van der Waals surface area contributed by atoms with E-state index in [1.54, 1.807) is 0 Å². The maximum atomic E-state index is 10.4. The van der Waals surface area contributed by atoms with Crippen molar-refractivity contribution < 1.29 is 4.79 Å². The number of rotatable bonds is 3. The lowest BCUT2D eigenvalue weighted by Crippen LogP contribution is -1.88. The molecule has 57 valence electrons. The molecule has 1 aromatic carbocycles. The van der Waals surface area contributed by atoms with Crippen molar-refractivity contribution in [3.63, 3.8) is 0 Å². The van der Waals surface area contributed by atoms with E-state index in [0.717, 1.165) is 4.90 Å². The monoisotopic (exact) mass is 183 g/mol. The Hall–Kier alpha value is -0.540. The summed E-state index contributed by atoms with van der Waals surface area (Å²) in [4.78, 5) is 11.5. The highest BCUT2D eigenvalue weighted by Gasteiger charge is 1.96. The molecule has 0 fully saturated rings. The van der Waals surface area contributed by atoms with Crippen molar-refractivity contribution in [2.75, 3.05) is 5.75 Å². The SMILES string of the molecule is O=C([S])CSc1ccccc1. The van der Waals surface area contributed by atoms with E-state index in [1.807, 2.05) is 30.3 Å². The lowest BCUT2D eigenvalue weighted by molar-refractivity contribution is -0.108. The zero-order chi connectivity index (χ0) is 8.10. The Morgan fingerprint density at radius 3 is 2.55 bits per heavy atom. The molecule has 1 nitrogen and oxygen atoms in total. The highest BCUT2D eigenvalue weighted by Crippen LogP contribution is 2.16. The van der Waals surface area contributed by atoms with Crippen molar-refractivity contribution in [2.45, 2.75) is 4.90 Å². The molecule has 0 saturated carbocycles. The van der Waals surface area contributed by atoms with Gasteiger partial charge < -0.3 is 0 Å². The van der Waals surface area contributed by atoms with E-state index in [0.29, 0.717) is 5.75 Å². The summed E-state index contributed by atoms with van der Waals surface area (Å²) in [6.07, 6.45) is 0. The average molecular weight is 183 g/mol. The number of hydrogen-bond donors (Lipinski definition) is 0. The van der Waals surface area contributed by atoms with Gasteiger partial charge in [-0.3, -0.25) is 4.79 Å². The molecule has 0 bridgehead atoms. The molecular weight excluding hydrogens is 176 g/mol. The minimum atomic E-state index is -0.196. The molecule has 0 amide bonds. The normalized spacial score (nSPS) is 9.45. The number of carbonyl (C=O) groups excluding carboxylic acids is 1. The fraction of sp³-hybridized carbons (Fsp3) is 0.125. The predicted octanol–water partition coefficient (Wildman–Crippen LogP) is 2.50. The van der Waals surface area contributed by atoms with Gasteiger partial charge in [0.1, 0.15) is 0 Å². The van der Waals surface area contributed by atoms with E-state index in [9.17, 15) is 4.79 Å². The number of thioether (sulfide) groups is 1. The summed E-state index contributed by atoms with van der Waals surface area (Å²) >= 11 is 5.89. The third-order valence-electron chi connectivity index (χ3n) is 1.10. The molecule has 3 heteroatoms. The van der Waals surface area contributed by atoms with Crippen LogP contribution in [0.5, 0.6) is 0 Å². The van der Waals surface area contributed by atoms with Crippen LogP contribution in [0, 0.1) is 0 Å². The Balaban J connectivity index is 2.45. The van der Waals surface area contributed by atoms with E-state index in [4.69, 9.17) is 0 Å². The zero-order valence-electron chi connectivity index (χ0n) is 5.82. The lowest BCUT2D eigenvalue weighted by atomic mass is 10.4. The van der Waals surface area contributed by atoms with Crippen LogP contribution in [-0.4, -0.2) is 10.9 Å². The first-order valence-electron chi connectivity index (χ1n) is 3.17. The van der Waals surface area contributed by atoms with Crippen LogP contribution in [0.15, 0.2) is 35.2 Å². The zero-order valence-corrected chi connectivity index (χ0v) is 7.45. The van der Waals surface area contributed by atoms with Crippen molar-refractivity contribution in [3.05, 3.63) is 30.3 Å². The van der Waals surface area contributed by atoms with Crippen molar-refractivity contribution in [3.8, 4) is 0 Å². The summed E-state index contributed by atoms with van der Waals surface area (Å²) in [7, 11) is 0. The van der Waals surface area contributed by atoms with E-state index in [2.05, 4.69) is 12.6 Å². The summed E-state index contributed by atoms with van der Waals surface area (Å²) in [5, 5.41) is -0.196. The Morgan fingerprint density at radius 2 is 2.00 bits per heavy atom. The van der Waals surface area contributed by atoms with Gasteiger partial charge in [0.15, 0.2) is 0 Å². The summed E-state index contributed by atoms with van der Waals surface area (Å²) in [6.45, 7) is 0. The van der Waals surface area contributed by atoms with Crippen LogP contribution >= 0.6 is 24.4 Å². The second-order valence-corrected chi connectivity index (χ2v) is 3.48. The molecule has 0 saturated heterocycles. The first-order valence-corrected chi connectivity index (χ1v) is 4.56. The molecule has 11 heavy (non-hydrogen) atoms. The Kier molecular flexibility index (Phi) is 3.39. The highest BCUT2D eigenvalue weighted by atomic mass is 32.2. The minimum Gasteiger partial charge on any atom is -0.281 e. The maximum absolute atomic E-state index is 10.4. The quantitative estimate of drug-likeness (QED) is 0.670. The third kappa shape index (κ3) is 3.39. The van der Waals surface area contributed by atoms with E-state index in [1.165, 1.54) is 11.8 Å². The highest BCUT2D eigenvalue weighted by molar-refractivity contribution is 8.04. The second-order valence-electron chi connectivity index (χ2n) is 1.97. The van der Waals surface area contributed by atoms with E-state index < -0.39 is 0 Å². The standard InChI is InChI=1S/C8H7OS2/c9-8(10)6-11-7-4-2-1-3-5-7/h1-5H,6H2. The van der Waals surface area contributed by atoms with Gasteiger partial charge in [-0.15, -0.1) is 11.8 Å². The van der Waals surface area contributed by atoms with Gasteiger partial charge >= 0.3 is 0 Å². The van der Waals surface area contributed by atoms with Crippen LogP contribution in [0.4, 0.5) is 0 Å². The first kappa shape index (κ1) is 8.56. The predicted molar refractivity (Wildman–Crippen MR) is 49.8 cm³/mol. The summed E-state index contributed by atoms with van der Waals surface area (Å²) in [6, 6.07) is 9.75. The molecule has 0 aromatic heterocycles. The van der Waals surface area contributed by atoms with E-state index >= 15 is 0 Å². The Labute approximate surface area is 75.6 Å². The number of benzene rings is 1. The Morgan fingerprint density at radius 1 is 1.36 bits per heavy atom. The fourth-order valence-electron chi connectivity index (χ4n) is 0.659. The average Bonchev–Trinajstić information content (AvgIpc) is 2.03. The molecule has 0 aliphatic rings. The minimum absolute atomic E-state index is 0.196. The fourth-order valence-corrected chi connectivity index (χ4v) is 1.47. The molecule has 1 radical (unpaired) electrons. The summed E-state index contributed by atoms with van der Waals surface area (Å²) in [5.74, 6) is 0.388. The topological polar surface area (TPSA) is 17.1 Å². The summed E-state index contributed by atoms with van der Waals surface area (Å²) in [5.41, 5.74) is 0. The van der Waals surface area contributed by atoms with Crippen LogP contribution in [-0.2, 0) is 4.79 Å². The van der Waals surface area contributed by atoms with Gasteiger partial charge in [-0.05, 0) is 24.8 Å². The molecular formula is C8H7OS2.